The summed E-state index contributed by atoms with van der Waals surface area (Å²) in [6, 6.07) is 5.45. The van der Waals surface area contributed by atoms with Crippen molar-refractivity contribution in [3.63, 3.8) is 0 Å². The number of alkyl halides is 3. The van der Waals surface area contributed by atoms with Crippen molar-refractivity contribution in [2.24, 2.45) is 5.92 Å². The molecule has 0 aromatic heterocycles. The van der Waals surface area contributed by atoms with E-state index in [-0.39, 0.29) is 18.7 Å². The molecule has 0 heterocycles. The quantitative estimate of drug-likeness (QED) is 0.839. The number of nitrogens with one attached hydrogen (secondary N) is 1. The Morgan fingerprint density at radius 3 is 2.60 bits per heavy atom. The Hall–Kier alpha value is -1.07. The minimum Gasteiger partial charge on any atom is -0.396 e. The molecule has 1 saturated carbocycles. The van der Waals surface area contributed by atoms with E-state index in [2.05, 4.69) is 5.32 Å². The van der Waals surface area contributed by atoms with Gasteiger partial charge in [-0.25, -0.2) is 0 Å². The van der Waals surface area contributed by atoms with Gasteiger partial charge >= 0.3 is 6.18 Å². The maximum absolute atomic E-state index is 12.7. The zero-order chi connectivity index (χ0) is 14.8. The predicted molar refractivity (Wildman–Crippen MR) is 71.2 cm³/mol. The highest BCUT2D eigenvalue weighted by molar-refractivity contribution is 5.27. The second-order valence-electron chi connectivity index (χ2n) is 5.47. The van der Waals surface area contributed by atoms with Gasteiger partial charge in [0.1, 0.15) is 0 Å². The first-order chi connectivity index (χ1) is 9.41. The van der Waals surface area contributed by atoms with Crippen LogP contribution in [0.3, 0.4) is 0 Å². The maximum Gasteiger partial charge on any atom is 0.416 e. The first-order valence-electron chi connectivity index (χ1n) is 6.96. The van der Waals surface area contributed by atoms with E-state index in [9.17, 15) is 13.2 Å². The summed E-state index contributed by atoms with van der Waals surface area (Å²) in [6.07, 6.45) is -1.40. The lowest BCUT2D eigenvalue weighted by Crippen LogP contribution is -2.34. The molecule has 20 heavy (non-hydrogen) atoms. The summed E-state index contributed by atoms with van der Waals surface area (Å²) in [7, 11) is 0. The second-order valence-corrected chi connectivity index (χ2v) is 5.47. The van der Waals surface area contributed by atoms with E-state index in [0.717, 1.165) is 18.9 Å². The number of rotatable bonds is 6. The lowest BCUT2D eigenvalue weighted by Gasteiger charge is -2.23. The van der Waals surface area contributed by atoms with Gasteiger partial charge in [-0.15, -0.1) is 0 Å². The summed E-state index contributed by atoms with van der Waals surface area (Å²) in [5.41, 5.74) is 0.0113. The molecule has 1 aromatic carbocycles. The Morgan fingerprint density at radius 2 is 2.05 bits per heavy atom. The third-order valence-corrected chi connectivity index (χ3v) is 3.81. The van der Waals surface area contributed by atoms with Crippen molar-refractivity contribution < 1.29 is 18.3 Å². The molecule has 0 radical (unpaired) electrons. The molecule has 2 rings (SSSR count). The van der Waals surface area contributed by atoms with Crippen LogP contribution in [0.25, 0.3) is 0 Å². The average molecular weight is 287 g/mol. The summed E-state index contributed by atoms with van der Waals surface area (Å²) in [5, 5.41) is 12.4. The van der Waals surface area contributed by atoms with Crippen LogP contribution in [0.5, 0.6) is 0 Å². The Bertz CT molecular complexity index is 443. The van der Waals surface area contributed by atoms with E-state index in [1.807, 2.05) is 6.92 Å². The van der Waals surface area contributed by atoms with Crippen molar-refractivity contribution in [2.45, 2.75) is 44.4 Å². The minimum atomic E-state index is -4.31. The van der Waals surface area contributed by atoms with Crippen LogP contribution in [0.1, 0.15) is 43.4 Å². The fourth-order valence-corrected chi connectivity index (χ4v) is 2.49. The average Bonchev–Trinajstić information content (AvgIpc) is 3.21. The number of hydrogen-bond acceptors (Lipinski definition) is 2. The molecule has 0 aliphatic heterocycles. The highest BCUT2D eigenvalue weighted by Gasteiger charge is 2.33. The summed E-state index contributed by atoms with van der Waals surface area (Å²) in [5.74, 6) is 0.551. The molecule has 0 saturated heterocycles. The van der Waals surface area contributed by atoms with Crippen LogP contribution < -0.4 is 5.32 Å². The van der Waals surface area contributed by atoms with Crippen LogP contribution in [0.2, 0.25) is 0 Å². The van der Waals surface area contributed by atoms with E-state index in [1.54, 1.807) is 6.07 Å². The molecule has 2 nitrogen and oxygen atoms in total. The predicted octanol–water partition coefficient (Wildman–Crippen LogP) is 3.52. The van der Waals surface area contributed by atoms with Crippen molar-refractivity contribution in [3.8, 4) is 0 Å². The normalized spacial score (nSPS) is 18.9. The van der Waals surface area contributed by atoms with Crippen LogP contribution >= 0.6 is 0 Å². The number of aliphatic hydroxyl groups is 1. The van der Waals surface area contributed by atoms with Crippen LogP contribution in [0.15, 0.2) is 24.3 Å². The molecular formula is C15H20F3NO. The number of hydrogen-bond donors (Lipinski definition) is 2. The third-order valence-electron chi connectivity index (χ3n) is 3.81. The fraction of sp³-hybridized carbons (Fsp3) is 0.600. The van der Waals surface area contributed by atoms with Gasteiger partial charge in [0.05, 0.1) is 5.56 Å². The summed E-state index contributed by atoms with van der Waals surface area (Å²) in [4.78, 5) is 0. The standard InChI is InChI=1S/C15H20F3NO/c1-10(19-14(7-8-20)11-5-6-11)12-3-2-4-13(9-12)15(16,17)18/h2-4,9-11,14,19-20H,5-8H2,1H3. The molecular weight excluding hydrogens is 267 g/mol. The molecule has 1 aliphatic rings. The summed E-state index contributed by atoms with van der Waals surface area (Å²) in [6.45, 7) is 1.96. The molecule has 0 amide bonds. The van der Waals surface area contributed by atoms with Gasteiger partial charge in [0, 0.05) is 18.7 Å². The van der Waals surface area contributed by atoms with Crippen LogP contribution in [-0.2, 0) is 6.18 Å². The summed E-state index contributed by atoms with van der Waals surface area (Å²) < 4.78 is 38.1. The molecule has 1 aromatic rings. The van der Waals surface area contributed by atoms with E-state index in [1.165, 1.54) is 12.1 Å². The van der Waals surface area contributed by atoms with Crippen molar-refractivity contribution in [2.75, 3.05) is 6.61 Å². The van der Waals surface area contributed by atoms with Gasteiger partial charge in [0.25, 0.3) is 0 Å². The molecule has 0 bridgehead atoms. The smallest absolute Gasteiger partial charge is 0.396 e. The first kappa shape index (κ1) is 15.3. The molecule has 1 fully saturated rings. The zero-order valence-corrected chi connectivity index (χ0v) is 11.5. The number of benzene rings is 1. The molecule has 112 valence electrons. The number of aliphatic hydroxyl groups excluding tert-OH is 1. The van der Waals surface area contributed by atoms with E-state index < -0.39 is 11.7 Å². The van der Waals surface area contributed by atoms with Gasteiger partial charge in [-0.05, 0) is 49.8 Å². The van der Waals surface area contributed by atoms with E-state index in [4.69, 9.17) is 5.11 Å². The summed E-state index contributed by atoms with van der Waals surface area (Å²) >= 11 is 0. The Balaban J connectivity index is 2.06. The highest BCUT2D eigenvalue weighted by atomic mass is 19.4. The molecule has 2 N–H and O–H groups in total. The Kier molecular flexibility index (Phi) is 4.70. The van der Waals surface area contributed by atoms with Crippen molar-refractivity contribution in [1.82, 2.24) is 5.32 Å². The molecule has 0 spiro atoms. The third kappa shape index (κ3) is 3.96. The Morgan fingerprint density at radius 1 is 1.35 bits per heavy atom. The lowest BCUT2D eigenvalue weighted by molar-refractivity contribution is -0.137. The Labute approximate surface area is 117 Å². The van der Waals surface area contributed by atoms with E-state index in [0.29, 0.717) is 17.9 Å². The SMILES string of the molecule is CC(NC(CCO)C1CC1)c1cccc(C(F)(F)F)c1. The van der Waals surface area contributed by atoms with Gasteiger partial charge < -0.3 is 10.4 Å². The largest absolute Gasteiger partial charge is 0.416 e. The molecule has 1 aliphatic carbocycles. The van der Waals surface area contributed by atoms with Gasteiger partial charge in [-0.3, -0.25) is 0 Å². The van der Waals surface area contributed by atoms with Crippen LogP contribution in [0, 0.1) is 5.92 Å². The fourth-order valence-electron chi connectivity index (χ4n) is 2.49. The minimum absolute atomic E-state index is 0.101. The van der Waals surface area contributed by atoms with Gasteiger partial charge in [-0.1, -0.05) is 12.1 Å². The van der Waals surface area contributed by atoms with Gasteiger partial charge in [0.15, 0.2) is 0 Å². The first-order valence-corrected chi connectivity index (χ1v) is 6.96. The monoisotopic (exact) mass is 287 g/mol. The van der Waals surface area contributed by atoms with Gasteiger partial charge in [0.2, 0.25) is 0 Å². The zero-order valence-electron chi connectivity index (χ0n) is 11.5. The topological polar surface area (TPSA) is 32.3 Å². The molecule has 5 heteroatoms. The van der Waals surface area contributed by atoms with Crippen LogP contribution in [-0.4, -0.2) is 17.8 Å². The van der Waals surface area contributed by atoms with Crippen molar-refractivity contribution in [3.05, 3.63) is 35.4 Å². The lowest BCUT2D eigenvalue weighted by atomic mass is 10.0. The second kappa shape index (κ2) is 6.14. The van der Waals surface area contributed by atoms with E-state index >= 15 is 0 Å². The van der Waals surface area contributed by atoms with Crippen LogP contribution in [0.4, 0.5) is 13.2 Å². The highest BCUT2D eigenvalue weighted by Crippen LogP contribution is 2.35. The van der Waals surface area contributed by atoms with Gasteiger partial charge in [-0.2, -0.15) is 13.2 Å². The molecule has 2 atom stereocenters. The maximum atomic E-state index is 12.7. The number of halogens is 3. The van der Waals surface area contributed by atoms with Crippen molar-refractivity contribution in [1.29, 1.82) is 0 Å². The van der Waals surface area contributed by atoms with Crippen molar-refractivity contribution >= 4 is 0 Å². The molecule has 2 unspecified atom stereocenters.